The van der Waals surface area contributed by atoms with Crippen molar-refractivity contribution >= 4 is 11.8 Å². The number of halogens is 1. The predicted octanol–water partition coefficient (Wildman–Crippen LogP) is 3.31. The molecule has 0 fully saturated rings. The molecule has 0 saturated heterocycles. The number of carboxylic acid groups (broad SMARTS) is 1. The largest absolute Gasteiger partial charge is 0.464 e. The molecule has 2 aromatic rings. The van der Waals surface area contributed by atoms with E-state index in [1.54, 1.807) is 12.1 Å². The zero-order chi connectivity index (χ0) is 14.8. The van der Waals surface area contributed by atoms with E-state index in [1.165, 1.54) is 12.1 Å². The highest BCUT2D eigenvalue weighted by Crippen LogP contribution is 2.28. The fraction of sp³-hybridized carbons (Fsp3) is 0.125. The summed E-state index contributed by atoms with van der Waals surface area (Å²) in [5.74, 6) is -0.505. The maximum Gasteiger partial charge on any atom is 0.427 e. The van der Waals surface area contributed by atoms with Crippen molar-refractivity contribution in [2.24, 2.45) is 5.10 Å². The van der Waals surface area contributed by atoms with Crippen LogP contribution in [-0.4, -0.2) is 28.5 Å². The molecule has 1 amide bonds. The van der Waals surface area contributed by atoms with E-state index in [0.29, 0.717) is 5.71 Å². The minimum atomic E-state index is -1.09. The van der Waals surface area contributed by atoms with Gasteiger partial charge >= 0.3 is 6.09 Å². The third kappa shape index (κ3) is 2.63. The summed E-state index contributed by atoms with van der Waals surface area (Å²) in [5.41, 5.74) is 2.41. The van der Waals surface area contributed by atoms with Crippen LogP contribution in [0.5, 0.6) is 0 Å². The fourth-order valence-corrected chi connectivity index (χ4v) is 2.45. The van der Waals surface area contributed by atoms with Gasteiger partial charge in [0.15, 0.2) is 0 Å². The first-order valence-electron chi connectivity index (χ1n) is 6.55. The van der Waals surface area contributed by atoms with Crippen LogP contribution in [0, 0.1) is 5.82 Å². The Hall–Kier alpha value is -2.69. The molecule has 4 nitrogen and oxygen atoms in total. The molecule has 1 atom stereocenters. The van der Waals surface area contributed by atoms with Gasteiger partial charge < -0.3 is 5.11 Å². The van der Waals surface area contributed by atoms with Gasteiger partial charge in [-0.15, -0.1) is 0 Å². The SMILES string of the molecule is O=C(O)N1CC(c2ccc(F)cc2)C(c2ccccc2)=N1. The molecule has 2 aromatic carbocycles. The summed E-state index contributed by atoms with van der Waals surface area (Å²) >= 11 is 0. The monoisotopic (exact) mass is 284 g/mol. The van der Waals surface area contributed by atoms with E-state index in [9.17, 15) is 9.18 Å². The Morgan fingerprint density at radius 1 is 1.14 bits per heavy atom. The molecule has 5 heteroatoms. The van der Waals surface area contributed by atoms with E-state index in [-0.39, 0.29) is 18.3 Å². The number of hydrogen-bond acceptors (Lipinski definition) is 2. The number of amides is 1. The Morgan fingerprint density at radius 3 is 2.43 bits per heavy atom. The average Bonchev–Trinajstić information content (AvgIpc) is 2.94. The van der Waals surface area contributed by atoms with Crippen LogP contribution in [0.4, 0.5) is 9.18 Å². The number of rotatable bonds is 2. The number of carbonyl (C=O) groups is 1. The van der Waals surface area contributed by atoms with Crippen molar-refractivity contribution in [1.82, 2.24) is 5.01 Å². The fourth-order valence-electron chi connectivity index (χ4n) is 2.45. The molecule has 0 aromatic heterocycles. The summed E-state index contributed by atoms with van der Waals surface area (Å²) in [6, 6.07) is 15.5. The molecule has 0 aliphatic carbocycles. The van der Waals surface area contributed by atoms with E-state index in [2.05, 4.69) is 5.10 Å². The maximum atomic E-state index is 13.1. The van der Waals surface area contributed by atoms with Crippen LogP contribution < -0.4 is 0 Å². The van der Waals surface area contributed by atoms with Crippen LogP contribution >= 0.6 is 0 Å². The Balaban J connectivity index is 2.01. The van der Waals surface area contributed by atoms with Crippen LogP contribution in [0.2, 0.25) is 0 Å². The minimum absolute atomic E-state index is 0.191. The third-order valence-corrected chi connectivity index (χ3v) is 3.48. The molecule has 1 aliphatic heterocycles. The van der Waals surface area contributed by atoms with Gasteiger partial charge in [0, 0.05) is 5.92 Å². The van der Waals surface area contributed by atoms with Gasteiger partial charge in [0.05, 0.1) is 12.3 Å². The van der Waals surface area contributed by atoms with Gasteiger partial charge in [0.1, 0.15) is 5.82 Å². The van der Waals surface area contributed by atoms with Crippen molar-refractivity contribution in [2.45, 2.75) is 5.92 Å². The van der Waals surface area contributed by atoms with E-state index >= 15 is 0 Å². The normalized spacial score (nSPS) is 17.7. The Kier molecular flexibility index (Phi) is 3.39. The van der Waals surface area contributed by atoms with Crippen LogP contribution in [-0.2, 0) is 0 Å². The van der Waals surface area contributed by atoms with Crippen molar-refractivity contribution in [3.63, 3.8) is 0 Å². The lowest BCUT2D eigenvalue weighted by Crippen LogP contribution is -2.23. The molecule has 1 heterocycles. The highest BCUT2D eigenvalue weighted by atomic mass is 19.1. The van der Waals surface area contributed by atoms with Crippen molar-refractivity contribution in [2.75, 3.05) is 6.54 Å². The van der Waals surface area contributed by atoms with E-state index in [0.717, 1.165) is 16.1 Å². The maximum absolute atomic E-state index is 13.1. The number of benzene rings is 2. The highest BCUT2D eigenvalue weighted by molar-refractivity contribution is 6.06. The van der Waals surface area contributed by atoms with Gasteiger partial charge in [-0.05, 0) is 23.3 Å². The smallest absolute Gasteiger partial charge is 0.427 e. The van der Waals surface area contributed by atoms with Crippen LogP contribution in [0.15, 0.2) is 59.7 Å². The topological polar surface area (TPSA) is 52.9 Å². The zero-order valence-electron chi connectivity index (χ0n) is 11.1. The van der Waals surface area contributed by atoms with Crippen molar-refractivity contribution in [3.05, 3.63) is 71.5 Å². The highest BCUT2D eigenvalue weighted by Gasteiger charge is 2.31. The first-order chi connectivity index (χ1) is 10.1. The van der Waals surface area contributed by atoms with Gasteiger partial charge in [-0.3, -0.25) is 0 Å². The molecule has 0 saturated carbocycles. The summed E-state index contributed by atoms with van der Waals surface area (Å²) in [7, 11) is 0. The van der Waals surface area contributed by atoms with Gasteiger partial charge in [-0.2, -0.15) is 10.1 Å². The van der Waals surface area contributed by atoms with E-state index in [1.807, 2.05) is 30.3 Å². The third-order valence-electron chi connectivity index (χ3n) is 3.48. The van der Waals surface area contributed by atoms with E-state index < -0.39 is 6.09 Å². The lowest BCUT2D eigenvalue weighted by atomic mass is 9.91. The minimum Gasteiger partial charge on any atom is -0.464 e. The first kappa shape index (κ1) is 13.3. The molecule has 1 N–H and O–H groups in total. The second kappa shape index (κ2) is 5.36. The lowest BCUT2D eigenvalue weighted by Gasteiger charge is -2.13. The molecule has 1 aliphatic rings. The standard InChI is InChI=1S/C16H13FN2O2/c17-13-8-6-11(7-9-13)14-10-19(16(20)21)18-15(14)12-4-2-1-3-5-12/h1-9,14H,10H2,(H,20,21). The first-order valence-corrected chi connectivity index (χ1v) is 6.55. The summed E-state index contributed by atoms with van der Waals surface area (Å²) in [6.45, 7) is 0.241. The molecular weight excluding hydrogens is 271 g/mol. The van der Waals surface area contributed by atoms with Crippen LogP contribution in [0.1, 0.15) is 17.0 Å². The van der Waals surface area contributed by atoms with Crippen LogP contribution in [0.3, 0.4) is 0 Å². The van der Waals surface area contributed by atoms with Gasteiger partial charge in [0.25, 0.3) is 0 Å². The van der Waals surface area contributed by atoms with Crippen molar-refractivity contribution in [1.29, 1.82) is 0 Å². The predicted molar refractivity (Wildman–Crippen MR) is 76.9 cm³/mol. The van der Waals surface area contributed by atoms with Gasteiger partial charge in [-0.25, -0.2) is 9.18 Å². The van der Waals surface area contributed by atoms with Crippen molar-refractivity contribution < 1.29 is 14.3 Å². The molecule has 0 radical (unpaired) electrons. The van der Waals surface area contributed by atoms with E-state index in [4.69, 9.17) is 5.11 Å². The zero-order valence-corrected chi connectivity index (χ0v) is 11.1. The number of nitrogens with zero attached hydrogens (tertiary/aromatic N) is 2. The number of hydrazone groups is 1. The molecule has 21 heavy (non-hydrogen) atoms. The Morgan fingerprint density at radius 2 is 1.81 bits per heavy atom. The molecule has 0 spiro atoms. The molecule has 106 valence electrons. The van der Waals surface area contributed by atoms with Crippen LogP contribution in [0.25, 0.3) is 0 Å². The summed E-state index contributed by atoms with van der Waals surface area (Å²) in [4.78, 5) is 11.2. The summed E-state index contributed by atoms with van der Waals surface area (Å²) in [5, 5.41) is 14.4. The molecule has 3 rings (SSSR count). The average molecular weight is 284 g/mol. The lowest BCUT2D eigenvalue weighted by molar-refractivity contribution is 0.151. The Bertz CT molecular complexity index is 683. The molecular formula is C16H13FN2O2. The molecule has 0 bridgehead atoms. The second-order valence-corrected chi connectivity index (χ2v) is 4.82. The quantitative estimate of drug-likeness (QED) is 0.919. The summed E-state index contributed by atoms with van der Waals surface area (Å²) in [6.07, 6.45) is -1.09. The number of hydrogen-bond donors (Lipinski definition) is 1. The molecule has 1 unspecified atom stereocenters. The van der Waals surface area contributed by atoms with Crippen molar-refractivity contribution in [3.8, 4) is 0 Å². The second-order valence-electron chi connectivity index (χ2n) is 4.82. The summed E-state index contributed by atoms with van der Waals surface area (Å²) < 4.78 is 13.1. The van der Waals surface area contributed by atoms with Gasteiger partial charge in [0.2, 0.25) is 0 Å². The Labute approximate surface area is 121 Å². The van der Waals surface area contributed by atoms with Gasteiger partial charge in [-0.1, -0.05) is 42.5 Å².